The monoisotopic (exact) mass is 271 g/mol. The van der Waals surface area contributed by atoms with Crippen LogP contribution >= 0.6 is 0 Å². The zero-order valence-electron chi connectivity index (χ0n) is 11.5. The van der Waals surface area contributed by atoms with Gasteiger partial charge in [0.15, 0.2) is 0 Å². The number of nitrogens with zero attached hydrogens (tertiary/aromatic N) is 1. The van der Waals surface area contributed by atoms with Gasteiger partial charge in [-0.1, -0.05) is 0 Å². The molecule has 0 spiro atoms. The van der Waals surface area contributed by atoms with Crippen LogP contribution in [0.15, 0.2) is 0 Å². The third kappa shape index (κ3) is 5.06. The molecule has 0 radical (unpaired) electrons. The zero-order valence-corrected chi connectivity index (χ0v) is 11.5. The van der Waals surface area contributed by atoms with E-state index in [-0.39, 0.29) is 5.91 Å². The standard InChI is InChI=1S/C13H25N3O3/c17-12(10-16-6-1-4-14-5-7-16)15-11-13(18)2-8-19-9-3-13/h14,18H,1-11H2,(H,15,17). The first kappa shape index (κ1) is 14.7. The molecule has 19 heavy (non-hydrogen) atoms. The van der Waals surface area contributed by atoms with Crippen LogP contribution in [-0.4, -0.2) is 74.0 Å². The molecule has 0 aromatic rings. The highest BCUT2D eigenvalue weighted by Gasteiger charge is 2.30. The highest BCUT2D eigenvalue weighted by molar-refractivity contribution is 5.78. The summed E-state index contributed by atoms with van der Waals surface area (Å²) in [5.41, 5.74) is -0.783. The summed E-state index contributed by atoms with van der Waals surface area (Å²) < 4.78 is 5.22. The number of rotatable bonds is 4. The van der Waals surface area contributed by atoms with Crippen molar-refractivity contribution in [3.05, 3.63) is 0 Å². The summed E-state index contributed by atoms with van der Waals surface area (Å²) in [7, 11) is 0. The molecule has 2 rings (SSSR count). The van der Waals surface area contributed by atoms with E-state index in [0.717, 1.165) is 32.6 Å². The van der Waals surface area contributed by atoms with Gasteiger partial charge in [0.05, 0.1) is 12.1 Å². The Morgan fingerprint density at radius 3 is 2.89 bits per heavy atom. The van der Waals surface area contributed by atoms with Gasteiger partial charge in [0.1, 0.15) is 0 Å². The molecule has 2 fully saturated rings. The summed E-state index contributed by atoms with van der Waals surface area (Å²) >= 11 is 0. The lowest BCUT2D eigenvalue weighted by atomic mass is 9.94. The minimum atomic E-state index is -0.783. The molecule has 0 aromatic heterocycles. The van der Waals surface area contributed by atoms with Crippen molar-refractivity contribution in [2.45, 2.75) is 24.9 Å². The second-order valence-corrected chi connectivity index (χ2v) is 5.49. The molecule has 3 N–H and O–H groups in total. The molecular formula is C13H25N3O3. The molecule has 0 atom stereocenters. The van der Waals surface area contributed by atoms with Gasteiger partial charge < -0.3 is 20.5 Å². The Hall–Kier alpha value is -0.690. The molecule has 0 aromatic carbocycles. The van der Waals surface area contributed by atoms with E-state index in [1.807, 2.05) is 0 Å². The van der Waals surface area contributed by atoms with Crippen LogP contribution < -0.4 is 10.6 Å². The lowest BCUT2D eigenvalue weighted by molar-refractivity contribution is -0.125. The fourth-order valence-electron chi connectivity index (χ4n) is 2.51. The summed E-state index contributed by atoms with van der Waals surface area (Å²) in [6.07, 6.45) is 2.27. The molecule has 2 aliphatic heterocycles. The third-order valence-electron chi connectivity index (χ3n) is 3.84. The smallest absolute Gasteiger partial charge is 0.234 e. The molecule has 6 heteroatoms. The maximum absolute atomic E-state index is 11.9. The van der Waals surface area contributed by atoms with Gasteiger partial charge in [0.2, 0.25) is 5.91 Å². The predicted octanol–water partition coefficient (Wildman–Crippen LogP) is -1.06. The average molecular weight is 271 g/mol. The van der Waals surface area contributed by atoms with Gasteiger partial charge in [-0.05, 0) is 19.5 Å². The van der Waals surface area contributed by atoms with Crippen molar-refractivity contribution in [1.29, 1.82) is 0 Å². The zero-order chi connectivity index (χ0) is 13.6. The van der Waals surface area contributed by atoms with Crippen LogP contribution in [0.5, 0.6) is 0 Å². The molecule has 6 nitrogen and oxygen atoms in total. The van der Waals surface area contributed by atoms with Crippen LogP contribution in [0.1, 0.15) is 19.3 Å². The summed E-state index contributed by atoms with van der Waals surface area (Å²) in [6.45, 7) is 5.74. The normalized spacial score (nSPS) is 24.7. The SMILES string of the molecule is O=C(CN1CCCNCC1)NCC1(O)CCOCC1. The lowest BCUT2D eigenvalue weighted by Gasteiger charge is -2.32. The summed E-state index contributed by atoms with van der Waals surface area (Å²) in [5, 5.41) is 16.4. The fraction of sp³-hybridized carbons (Fsp3) is 0.923. The first-order chi connectivity index (χ1) is 9.18. The van der Waals surface area contributed by atoms with E-state index in [1.54, 1.807) is 0 Å². The number of carbonyl (C=O) groups excluding carboxylic acids is 1. The molecule has 0 unspecified atom stereocenters. The van der Waals surface area contributed by atoms with Crippen LogP contribution in [0.2, 0.25) is 0 Å². The van der Waals surface area contributed by atoms with Gasteiger partial charge in [-0.25, -0.2) is 0 Å². The molecule has 0 bridgehead atoms. The van der Waals surface area contributed by atoms with Gasteiger partial charge in [-0.3, -0.25) is 9.69 Å². The quantitative estimate of drug-likeness (QED) is 0.608. The molecule has 0 aliphatic carbocycles. The molecule has 2 aliphatic rings. The minimum Gasteiger partial charge on any atom is -0.388 e. The van der Waals surface area contributed by atoms with E-state index in [0.29, 0.717) is 39.1 Å². The van der Waals surface area contributed by atoms with Crippen molar-refractivity contribution in [3.63, 3.8) is 0 Å². The highest BCUT2D eigenvalue weighted by Crippen LogP contribution is 2.19. The summed E-state index contributed by atoms with van der Waals surface area (Å²) in [5.74, 6) is 0.00168. The van der Waals surface area contributed by atoms with Crippen molar-refractivity contribution >= 4 is 5.91 Å². The van der Waals surface area contributed by atoms with Crippen LogP contribution in [0.4, 0.5) is 0 Å². The number of hydrogen-bond acceptors (Lipinski definition) is 5. The maximum atomic E-state index is 11.9. The maximum Gasteiger partial charge on any atom is 0.234 e. The second-order valence-electron chi connectivity index (χ2n) is 5.49. The highest BCUT2D eigenvalue weighted by atomic mass is 16.5. The minimum absolute atomic E-state index is 0.00168. The third-order valence-corrected chi connectivity index (χ3v) is 3.84. The Morgan fingerprint density at radius 2 is 2.11 bits per heavy atom. The first-order valence-corrected chi connectivity index (χ1v) is 7.18. The van der Waals surface area contributed by atoms with Crippen LogP contribution in [0, 0.1) is 0 Å². The Morgan fingerprint density at radius 1 is 1.32 bits per heavy atom. The van der Waals surface area contributed by atoms with Crippen molar-refractivity contribution in [3.8, 4) is 0 Å². The summed E-state index contributed by atoms with van der Waals surface area (Å²) in [6, 6.07) is 0. The van der Waals surface area contributed by atoms with E-state index in [1.165, 1.54) is 0 Å². The van der Waals surface area contributed by atoms with Crippen molar-refractivity contribution < 1.29 is 14.6 Å². The average Bonchev–Trinajstić information content (AvgIpc) is 2.66. The van der Waals surface area contributed by atoms with E-state index in [4.69, 9.17) is 4.74 Å². The van der Waals surface area contributed by atoms with Crippen molar-refractivity contribution in [2.75, 3.05) is 52.5 Å². The second kappa shape index (κ2) is 7.19. The van der Waals surface area contributed by atoms with Gasteiger partial charge in [-0.15, -0.1) is 0 Å². The van der Waals surface area contributed by atoms with Gasteiger partial charge in [0.25, 0.3) is 0 Å². The molecule has 110 valence electrons. The van der Waals surface area contributed by atoms with Crippen molar-refractivity contribution in [1.82, 2.24) is 15.5 Å². The molecule has 0 saturated carbocycles. The molecule has 2 saturated heterocycles. The number of amides is 1. The Labute approximate surface area is 114 Å². The molecule has 2 heterocycles. The first-order valence-electron chi connectivity index (χ1n) is 7.18. The lowest BCUT2D eigenvalue weighted by Crippen LogP contribution is -2.49. The molecule has 1 amide bonds. The summed E-state index contributed by atoms with van der Waals surface area (Å²) in [4.78, 5) is 14.0. The van der Waals surface area contributed by atoms with E-state index < -0.39 is 5.60 Å². The predicted molar refractivity (Wildman–Crippen MR) is 71.9 cm³/mol. The van der Waals surface area contributed by atoms with Crippen LogP contribution in [-0.2, 0) is 9.53 Å². The Balaban J connectivity index is 1.68. The van der Waals surface area contributed by atoms with Crippen LogP contribution in [0.3, 0.4) is 0 Å². The topological polar surface area (TPSA) is 73.8 Å². The molecular weight excluding hydrogens is 246 g/mol. The number of aliphatic hydroxyl groups is 1. The van der Waals surface area contributed by atoms with Crippen LogP contribution in [0.25, 0.3) is 0 Å². The number of hydrogen-bond donors (Lipinski definition) is 3. The Kier molecular flexibility index (Phi) is 5.57. The van der Waals surface area contributed by atoms with E-state index in [2.05, 4.69) is 15.5 Å². The number of carbonyl (C=O) groups is 1. The van der Waals surface area contributed by atoms with Gasteiger partial charge in [-0.2, -0.15) is 0 Å². The fourth-order valence-corrected chi connectivity index (χ4v) is 2.51. The largest absolute Gasteiger partial charge is 0.388 e. The van der Waals surface area contributed by atoms with E-state index in [9.17, 15) is 9.90 Å². The Bertz CT molecular complexity index is 285. The van der Waals surface area contributed by atoms with Gasteiger partial charge in [0, 0.05) is 45.7 Å². The van der Waals surface area contributed by atoms with Crippen molar-refractivity contribution in [2.24, 2.45) is 0 Å². The van der Waals surface area contributed by atoms with Gasteiger partial charge >= 0.3 is 0 Å². The van der Waals surface area contributed by atoms with E-state index >= 15 is 0 Å². The number of nitrogens with one attached hydrogen (secondary N) is 2. The number of ether oxygens (including phenoxy) is 1.